The van der Waals surface area contributed by atoms with E-state index < -0.39 is 99.1 Å². The van der Waals surface area contributed by atoms with E-state index in [1.165, 1.54) is 0 Å². The predicted octanol–water partition coefficient (Wildman–Crippen LogP) is 0.607. The minimum atomic E-state index is -1.96. The van der Waals surface area contributed by atoms with Gasteiger partial charge in [-0.2, -0.15) is 0 Å². The van der Waals surface area contributed by atoms with Crippen LogP contribution in [0.5, 0.6) is 0 Å². The molecule has 2 fully saturated rings. The number of aliphatic hydroxyl groups is 1. The number of hydrogen-bond acceptors (Lipinski definition) is 17. The van der Waals surface area contributed by atoms with E-state index in [2.05, 4.69) is 16.0 Å². The number of amides is 3. The molecule has 0 saturated carbocycles. The molecule has 20 nitrogen and oxygen atoms in total. The first kappa shape index (κ1) is 47.4. The Balaban J connectivity index is 1.72. The quantitative estimate of drug-likeness (QED) is 0.0758. The van der Waals surface area contributed by atoms with Gasteiger partial charge in [-0.3, -0.25) is 33.6 Å². The normalized spacial score (nSPS) is 29.5. The standard InChI is InChI=1S/C34H44I3N3O17/c1-14(41)49-11-18(52-16(3)43)9-38-28(46)21-26(35)34(40-30(48)25-24(55-32(7,8)56-25)23-20(45)13-51-31(5,6)54-23)27(36)22(33(21,37)57-34)29(47)39-10-19(53-17(4)44)12-50-15(2)42/h18-20,23-25,45H,9-13H2,1-8H3,(H,38,46)(H,39,47)(H,40,48)/t18?,19?,20-,23+,24-,25-,33?,34?/m0/s1. The second kappa shape index (κ2) is 18.5. The van der Waals surface area contributed by atoms with Gasteiger partial charge in [-0.1, -0.05) is 0 Å². The summed E-state index contributed by atoms with van der Waals surface area (Å²) in [6.45, 7) is 9.51. The Morgan fingerprint density at radius 1 is 0.737 bits per heavy atom. The Morgan fingerprint density at radius 3 is 1.63 bits per heavy atom. The van der Waals surface area contributed by atoms with Crippen molar-refractivity contribution in [1.29, 1.82) is 0 Å². The molecule has 4 aliphatic rings. The Kier molecular flexibility index (Phi) is 15.4. The lowest BCUT2D eigenvalue weighted by Gasteiger charge is -2.41. The van der Waals surface area contributed by atoms with Gasteiger partial charge in [-0.05, 0) is 95.5 Å². The highest BCUT2D eigenvalue weighted by Gasteiger charge is 2.68. The summed E-state index contributed by atoms with van der Waals surface area (Å²) in [6, 6.07) is 0. The zero-order valence-electron chi connectivity index (χ0n) is 32.1. The molecule has 0 aromatic heterocycles. The summed E-state index contributed by atoms with van der Waals surface area (Å²) in [6.07, 6.45) is -7.05. The molecule has 4 rings (SSSR count). The fourth-order valence-corrected chi connectivity index (χ4v) is 11.4. The van der Waals surface area contributed by atoms with Crippen molar-refractivity contribution in [3.05, 3.63) is 18.3 Å². The Labute approximate surface area is 368 Å². The average molecular weight is 1150 g/mol. The van der Waals surface area contributed by atoms with Crippen LogP contribution >= 0.6 is 67.8 Å². The summed E-state index contributed by atoms with van der Waals surface area (Å²) in [5.41, 5.74) is -2.20. The van der Waals surface area contributed by atoms with Gasteiger partial charge in [0.05, 0.1) is 38.0 Å². The van der Waals surface area contributed by atoms with Gasteiger partial charge < -0.3 is 63.7 Å². The fraction of sp³-hybridized carbons (Fsp3) is 0.676. The molecule has 23 heteroatoms. The number of aliphatic hydroxyl groups excluding tert-OH is 1. The van der Waals surface area contributed by atoms with Crippen molar-refractivity contribution in [2.45, 2.75) is 113 Å². The highest BCUT2D eigenvalue weighted by molar-refractivity contribution is 14.1. The van der Waals surface area contributed by atoms with Crippen molar-refractivity contribution < 1.29 is 81.3 Å². The number of alkyl halides is 1. The number of halogens is 3. The maximum absolute atomic E-state index is 14.4. The Bertz CT molecular complexity index is 1650. The smallest absolute Gasteiger partial charge is 0.303 e. The first-order valence-electron chi connectivity index (χ1n) is 17.4. The highest BCUT2D eigenvalue weighted by atomic mass is 127. The second-order valence-electron chi connectivity index (χ2n) is 14.1. The van der Waals surface area contributed by atoms with Gasteiger partial charge >= 0.3 is 23.9 Å². The van der Waals surface area contributed by atoms with Crippen LogP contribution in [0.15, 0.2) is 18.3 Å². The highest BCUT2D eigenvalue weighted by Crippen LogP contribution is 2.63. The minimum absolute atomic E-state index is 0.118. The zero-order valence-corrected chi connectivity index (χ0v) is 38.6. The molecule has 0 spiro atoms. The molecule has 0 aromatic rings. The summed E-state index contributed by atoms with van der Waals surface area (Å²) in [5.74, 6) is -7.59. The van der Waals surface area contributed by atoms with E-state index in [0.29, 0.717) is 0 Å². The monoisotopic (exact) mass is 1150 g/mol. The Morgan fingerprint density at radius 2 is 1.19 bits per heavy atom. The molecule has 3 amide bonds. The van der Waals surface area contributed by atoms with Crippen LogP contribution in [0.1, 0.15) is 55.4 Å². The van der Waals surface area contributed by atoms with Crippen LogP contribution in [0.3, 0.4) is 0 Å². The van der Waals surface area contributed by atoms with Crippen LogP contribution in [0.25, 0.3) is 0 Å². The molecular formula is C34H44I3N3O17. The van der Waals surface area contributed by atoms with Gasteiger partial charge in [0.2, 0.25) is 5.72 Å². The molecule has 4 N–H and O–H groups in total. The van der Waals surface area contributed by atoms with Crippen molar-refractivity contribution in [1.82, 2.24) is 16.0 Å². The summed E-state index contributed by atoms with van der Waals surface area (Å²) >= 11 is 5.42. The third-order valence-electron chi connectivity index (χ3n) is 8.45. The number of carbonyl (C=O) groups is 7. The number of carbonyl (C=O) groups excluding carboxylic acids is 7. The topological polar surface area (TPSA) is 259 Å². The molecule has 57 heavy (non-hydrogen) atoms. The molecule has 318 valence electrons. The third kappa shape index (κ3) is 11.1. The largest absolute Gasteiger partial charge is 0.462 e. The van der Waals surface area contributed by atoms with E-state index in [-0.39, 0.29) is 51.2 Å². The predicted molar refractivity (Wildman–Crippen MR) is 216 cm³/mol. The summed E-state index contributed by atoms with van der Waals surface area (Å²) < 4.78 is 49.0. The van der Waals surface area contributed by atoms with Crippen molar-refractivity contribution in [2.24, 2.45) is 0 Å². The molecule has 0 radical (unpaired) electrons. The van der Waals surface area contributed by atoms with Gasteiger partial charge in [0.15, 0.2) is 33.5 Å². The molecule has 2 saturated heterocycles. The van der Waals surface area contributed by atoms with Gasteiger partial charge in [-0.25, -0.2) is 0 Å². The van der Waals surface area contributed by atoms with Gasteiger partial charge in [0.1, 0.15) is 31.5 Å². The average Bonchev–Trinajstić information content (AvgIpc) is 3.62. The van der Waals surface area contributed by atoms with E-state index in [4.69, 9.17) is 42.6 Å². The van der Waals surface area contributed by atoms with Crippen LogP contribution < -0.4 is 16.0 Å². The van der Waals surface area contributed by atoms with Crippen molar-refractivity contribution in [3.63, 3.8) is 0 Å². The van der Waals surface area contributed by atoms with Crippen LogP contribution in [-0.4, -0.2) is 137 Å². The molecule has 0 aliphatic carbocycles. The zero-order chi connectivity index (χ0) is 42.8. The van der Waals surface area contributed by atoms with Crippen molar-refractivity contribution >= 4 is 109 Å². The molecular weight excluding hydrogens is 1100 g/mol. The molecule has 4 heterocycles. The molecule has 0 aromatic carbocycles. The van der Waals surface area contributed by atoms with E-state index in [1.54, 1.807) is 50.3 Å². The number of fused-ring (bicyclic) bond motifs is 2. The molecule has 4 aliphatic heterocycles. The van der Waals surface area contributed by atoms with Crippen LogP contribution in [0, 0.1) is 0 Å². The van der Waals surface area contributed by atoms with Gasteiger partial charge in [0, 0.05) is 27.7 Å². The first-order valence-corrected chi connectivity index (χ1v) is 20.6. The summed E-state index contributed by atoms with van der Waals surface area (Å²) in [4.78, 5) is 89.2. The number of rotatable bonds is 15. The maximum Gasteiger partial charge on any atom is 0.303 e. The Hall–Kier alpha value is -2.28. The minimum Gasteiger partial charge on any atom is -0.462 e. The number of esters is 4. The second-order valence-corrected chi connectivity index (χ2v) is 17.8. The summed E-state index contributed by atoms with van der Waals surface area (Å²) in [5, 5.41) is 19.0. The number of nitrogens with one attached hydrogen (secondary N) is 3. The van der Waals surface area contributed by atoms with Gasteiger partial charge in [0.25, 0.3) is 17.7 Å². The summed E-state index contributed by atoms with van der Waals surface area (Å²) in [7, 11) is 0. The first-order chi connectivity index (χ1) is 26.3. The van der Waals surface area contributed by atoms with E-state index in [0.717, 1.165) is 27.7 Å². The lowest BCUT2D eigenvalue weighted by atomic mass is 9.93. The van der Waals surface area contributed by atoms with Crippen LogP contribution in [0.2, 0.25) is 0 Å². The third-order valence-corrected chi connectivity index (χ3v) is 12.3. The lowest BCUT2D eigenvalue weighted by molar-refractivity contribution is -0.322. The van der Waals surface area contributed by atoms with E-state index in [9.17, 15) is 38.7 Å². The lowest BCUT2D eigenvalue weighted by Crippen LogP contribution is -2.60. The molecule has 6 atom stereocenters. The molecule has 2 bridgehead atoms. The van der Waals surface area contributed by atoms with E-state index in [1.807, 2.05) is 45.2 Å². The van der Waals surface area contributed by atoms with Crippen molar-refractivity contribution in [3.8, 4) is 0 Å². The number of hydrogen-bond donors (Lipinski definition) is 4. The maximum atomic E-state index is 14.4. The number of ether oxygens (including phenoxy) is 9. The van der Waals surface area contributed by atoms with Crippen LogP contribution in [-0.2, 0) is 76.2 Å². The van der Waals surface area contributed by atoms with Crippen molar-refractivity contribution in [2.75, 3.05) is 32.9 Å². The SMILES string of the molecule is CC(=O)OCC(CNC(=O)C1=C(I)C2(NC(=O)[C@H]3OC(C)(C)O[C@H]3[C@@H]3OC(C)(C)OC[C@@H]3O)OC1(I)C(C(=O)NCC(COC(C)=O)OC(C)=O)=C2I)OC(C)=O. The van der Waals surface area contributed by atoms with Crippen LogP contribution in [0.4, 0.5) is 0 Å². The fourth-order valence-electron chi connectivity index (χ4n) is 6.22. The molecule has 2 unspecified atom stereocenters. The van der Waals surface area contributed by atoms with E-state index >= 15 is 0 Å². The van der Waals surface area contributed by atoms with Gasteiger partial charge in [-0.15, -0.1) is 0 Å².